The van der Waals surface area contributed by atoms with E-state index in [-0.39, 0.29) is 53.0 Å². The third-order valence-corrected chi connectivity index (χ3v) is 7.25. The van der Waals surface area contributed by atoms with Crippen molar-refractivity contribution < 1.29 is 19.4 Å². The van der Waals surface area contributed by atoms with Crippen molar-refractivity contribution in [1.29, 1.82) is 0 Å². The molecule has 2 aliphatic rings. The summed E-state index contributed by atoms with van der Waals surface area (Å²) in [6, 6.07) is 0.164. The van der Waals surface area contributed by atoms with E-state index >= 15 is 0 Å². The first-order valence-electron chi connectivity index (χ1n) is 10.9. The molecule has 0 spiro atoms. The number of hydrogen-bond acceptors (Lipinski definition) is 4. The highest BCUT2D eigenvalue weighted by molar-refractivity contribution is 5.79. The number of fused-ring (bicyclic) bond motifs is 1. The molecule has 0 saturated heterocycles. The molecule has 0 heterocycles. The van der Waals surface area contributed by atoms with Crippen LogP contribution in [-0.4, -0.2) is 48.8 Å². The Bertz CT molecular complexity index is 553. The largest absolute Gasteiger partial charge is 0.392 e. The van der Waals surface area contributed by atoms with Crippen molar-refractivity contribution in [2.45, 2.75) is 84.9 Å². The van der Waals surface area contributed by atoms with Crippen molar-refractivity contribution >= 4 is 11.8 Å². The van der Waals surface area contributed by atoms with Gasteiger partial charge in [0.2, 0.25) is 11.8 Å². The Morgan fingerprint density at radius 1 is 1.21 bits per heavy atom. The Morgan fingerprint density at radius 2 is 1.86 bits per heavy atom. The van der Waals surface area contributed by atoms with Crippen molar-refractivity contribution in [2.75, 3.05) is 13.7 Å². The van der Waals surface area contributed by atoms with E-state index in [0.717, 1.165) is 25.7 Å². The number of rotatable bonds is 7. The van der Waals surface area contributed by atoms with Gasteiger partial charge in [-0.2, -0.15) is 0 Å². The first-order valence-corrected chi connectivity index (χ1v) is 10.9. The maximum absolute atomic E-state index is 12.5. The molecule has 2 amide bonds. The lowest BCUT2D eigenvalue weighted by Gasteiger charge is -2.56. The first kappa shape index (κ1) is 23.1. The third kappa shape index (κ3) is 5.07. The summed E-state index contributed by atoms with van der Waals surface area (Å²) in [5, 5.41) is 17.5. The molecule has 7 atom stereocenters. The van der Waals surface area contributed by atoms with Gasteiger partial charge in [-0.05, 0) is 62.7 Å². The third-order valence-electron chi connectivity index (χ3n) is 7.25. The maximum Gasteiger partial charge on any atom is 0.223 e. The van der Waals surface area contributed by atoms with Crippen LogP contribution < -0.4 is 10.6 Å². The van der Waals surface area contributed by atoms with Crippen LogP contribution >= 0.6 is 0 Å². The average Bonchev–Trinajstić information content (AvgIpc) is 2.61. The molecule has 6 heteroatoms. The summed E-state index contributed by atoms with van der Waals surface area (Å²) in [6.07, 6.45) is 3.66. The van der Waals surface area contributed by atoms with Gasteiger partial charge in [-0.3, -0.25) is 9.59 Å². The van der Waals surface area contributed by atoms with Crippen molar-refractivity contribution in [3.63, 3.8) is 0 Å². The number of aliphatic hydroxyl groups is 1. The van der Waals surface area contributed by atoms with Crippen molar-refractivity contribution in [3.05, 3.63) is 0 Å². The van der Waals surface area contributed by atoms with Crippen LogP contribution in [0.3, 0.4) is 0 Å². The molecule has 2 saturated carbocycles. The zero-order valence-corrected chi connectivity index (χ0v) is 18.5. The van der Waals surface area contributed by atoms with Gasteiger partial charge >= 0.3 is 0 Å². The molecular formula is C22H40N2O4. The van der Waals surface area contributed by atoms with Crippen LogP contribution in [-0.2, 0) is 14.3 Å². The SMILES string of the molecule is COCCC(=O)NC1CCC2(C)CCC(C(C)C(=O)NC(C)C)C(O)C2C1C. The smallest absolute Gasteiger partial charge is 0.223 e. The monoisotopic (exact) mass is 396 g/mol. The molecule has 7 unspecified atom stereocenters. The van der Waals surface area contributed by atoms with E-state index in [1.807, 2.05) is 20.8 Å². The summed E-state index contributed by atoms with van der Waals surface area (Å²) < 4.78 is 5.00. The number of amides is 2. The number of carbonyl (C=O) groups excluding carboxylic acids is 2. The van der Waals surface area contributed by atoms with Crippen LogP contribution in [0.5, 0.6) is 0 Å². The summed E-state index contributed by atoms with van der Waals surface area (Å²) in [6.45, 7) is 10.7. The van der Waals surface area contributed by atoms with Crippen LogP contribution in [0, 0.1) is 29.1 Å². The number of methoxy groups -OCH3 is 1. The van der Waals surface area contributed by atoms with Gasteiger partial charge in [0.05, 0.1) is 12.7 Å². The van der Waals surface area contributed by atoms with Crippen LogP contribution in [0.1, 0.15) is 66.7 Å². The Morgan fingerprint density at radius 3 is 2.46 bits per heavy atom. The second-order valence-corrected chi connectivity index (χ2v) is 9.64. The molecule has 6 nitrogen and oxygen atoms in total. The van der Waals surface area contributed by atoms with Gasteiger partial charge in [-0.1, -0.05) is 20.8 Å². The standard InChI is InChI=1S/C22H40N2O4/c1-13(2)23-21(27)14(3)16-7-10-22(5)11-8-17(15(4)19(22)20(16)26)24-18(25)9-12-28-6/h13-17,19-20,26H,7-12H2,1-6H3,(H,23,27)(H,24,25). The topological polar surface area (TPSA) is 87.7 Å². The maximum atomic E-state index is 12.5. The Hall–Kier alpha value is -1.14. The predicted molar refractivity (Wildman–Crippen MR) is 110 cm³/mol. The fraction of sp³-hybridized carbons (Fsp3) is 0.909. The van der Waals surface area contributed by atoms with E-state index in [0.29, 0.717) is 13.0 Å². The van der Waals surface area contributed by atoms with Gasteiger partial charge in [0.1, 0.15) is 0 Å². The van der Waals surface area contributed by atoms with Crippen LogP contribution in [0.15, 0.2) is 0 Å². The first-order chi connectivity index (χ1) is 13.1. The Balaban J connectivity index is 2.10. The molecular weight excluding hydrogens is 356 g/mol. The molecule has 0 radical (unpaired) electrons. The van der Waals surface area contributed by atoms with Gasteiger partial charge in [0.25, 0.3) is 0 Å². The van der Waals surface area contributed by atoms with Gasteiger partial charge in [-0.15, -0.1) is 0 Å². The quantitative estimate of drug-likeness (QED) is 0.617. The molecule has 2 rings (SSSR count). The minimum absolute atomic E-state index is 0.00818. The van der Waals surface area contributed by atoms with Crippen LogP contribution in [0.2, 0.25) is 0 Å². The molecule has 162 valence electrons. The average molecular weight is 397 g/mol. The molecule has 0 aliphatic heterocycles. The van der Waals surface area contributed by atoms with E-state index in [1.54, 1.807) is 7.11 Å². The van der Waals surface area contributed by atoms with Gasteiger partial charge in [-0.25, -0.2) is 0 Å². The highest BCUT2D eigenvalue weighted by Gasteiger charge is 2.53. The summed E-state index contributed by atoms with van der Waals surface area (Å²) in [5.74, 6) is 0.0304. The lowest BCUT2D eigenvalue weighted by molar-refractivity contribution is -0.144. The Kier molecular flexibility index (Phi) is 7.91. The lowest BCUT2D eigenvalue weighted by atomic mass is 9.51. The van der Waals surface area contributed by atoms with Gasteiger partial charge in [0.15, 0.2) is 0 Å². The van der Waals surface area contributed by atoms with E-state index in [4.69, 9.17) is 4.74 Å². The number of carbonyl (C=O) groups is 2. The highest BCUT2D eigenvalue weighted by atomic mass is 16.5. The molecule has 0 aromatic rings. The van der Waals surface area contributed by atoms with Gasteiger partial charge in [0, 0.05) is 31.5 Å². The number of ether oxygens (including phenoxy) is 1. The van der Waals surface area contributed by atoms with E-state index in [9.17, 15) is 14.7 Å². The molecule has 2 fully saturated rings. The molecule has 0 bridgehead atoms. The lowest BCUT2D eigenvalue weighted by Crippen LogP contribution is -2.58. The second-order valence-electron chi connectivity index (χ2n) is 9.64. The normalized spacial score (nSPS) is 36.5. The molecule has 0 aromatic carbocycles. The van der Waals surface area contributed by atoms with E-state index < -0.39 is 6.10 Å². The van der Waals surface area contributed by atoms with Crippen LogP contribution in [0.25, 0.3) is 0 Å². The molecule has 3 N–H and O–H groups in total. The van der Waals surface area contributed by atoms with Gasteiger partial charge < -0.3 is 20.5 Å². The van der Waals surface area contributed by atoms with Crippen LogP contribution in [0.4, 0.5) is 0 Å². The minimum Gasteiger partial charge on any atom is -0.392 e. The number of hydrogen-bond donors (Lipinski definition) is 3. The fourth-order valence-electron chi connectivity index (χ4n) is 5.58. The zero-order valence-electron chi connectivity index (χ0n) is 18.5. The molecule has 28 heavy (non-hydrogen) atoms. The summed E-state index contributed by atoms with van der Waals surface area (Å²) in [4.78, 5) is 24.7. The summed E-state index contributed by atoms with van der Waals surface area (Å²) in [7, 11) is 1.59. The zero-order chi connectivity index (χ0) is 21.1. The number of aliphatic hydroxyl groups excluding tert-OH is 1. The second kappa shape index (κ2) is 9.57. The molecule has 0 aromatic heterocycles. The summed E-state index contributed by atoms with van der Waals surface area (Å²) >= 11 is 0. The highest BCUT2D eigenvalue weighted by Crippen LogP contribution is 2.55. The number of nitrogens with one attached hydrogen (secondary N) is 2. The van der Waals surface area contributed by atoms with Crippen molar-refractivity contribution in [3.8, 4) is 0 Å². The predicted octanol–water partition coefficient (Wildman–Crippen LogP) is 2.49. The van der Waals surface area contributed by atoms with Crippen molar-refractivity contribution in [1.82, 2.24) is 10.6 Å². The fourth-order valence-corrected chi connectivity index (χ4v) is 5.58. The summed E-state index contributed by atoms with van der Waals surface area (Å²) in [5.41, 5.74) is 0.0668. The van der Waals surface area contributed by atoms with Crippen molar-refractivity contribution in [2.24, 2.45) is 29.1 Å². The van der Waals surface area contributed by atoms with E-state index in [2.05, 4.69) is 24.5 Å². The van der Waals surface area contributed by atoms with E-state index in [1.165, 1.54) is 0 Å². The minimum atomic E-state index is -0.527. The molecule has 2 aliphatic carbocycles. The Labute approximate surface area is 170 Å².